The fourth-order valence-corrected chi connectivity index (χ4v) is 4.69. The van der Waals surface area contributed by atoms with E-state index in [9.17, 15) is 4.79 Å². The van der Waals surface area contributed by atoms with Crippen molar-refractivity contribution in [2.24, 2.45) is 0 Å². The summed E-state index contributed by atoms with van der Waals surface area (Å²) in [5, 5.41) is 0. The highest BCUT2D eigenvalue weighted by atomic mass is 16.2. The van der Waals surface area contributed by atoms with E-state index in [2.05, 4.69) is 67.1 Å². The van der Waals surface area contributed by atoms with Gasteiger partial charge in [0.15, 0.2) is 0 Å². The van der Waals surface area contributed by atoms with Gasteiger partial charge in [0.05, 0.1) is 5.92 Å². The van der Waals surface area contributed by atoms with Crippen LogP contribution in [-0.2, 0) is 11.2 Å². The minimum Gasteiger partial charge on any atom is -0.353 e. The van der Waals surface area contributed by atoms with Gasteiger partial charge in [-0.25, -0.2) is 9.97 Å². The molecule has 0 saturated carbocycles. The van der Waals surface area contributed by atoms with Gasteiger partial charge in [-0.15, -0.1) is 0 Å². The topological polar surface area (TPSA) is 49.3 Å². The van der Waals surface area contributed by atoms with Crippen LogP contribution in [0.5, 0.6) is 0 Å². The van der Waals surface area contributed by atoms with Gasteiger partial charge in [-0.2, -0.15) is 0 Å². The first-order valence-electron chi connectivity index (χ1n) is 11.9. The molecule has 1 saturated heterocycles. The third kappa shape index (κ3) is 5.24. The van der Waals surface area contributed by atoms with Crippen molar-refractivity contribution in [1.29, 1.82) is 0 Å². The van der Waals surface area contributed by atoms with E-state index in [0.29, 0.717) is 13.1 Å². The van der Waals surface area contributed by atoms with Crippen LogP contribution in [0.25, 0.3) is 0 Å². The van der Waals surface area contributed by atoms with E-state index < -0.39 is 0 Å². The normalized spacial score (nSPS) is 14.9. The second-order valence-corrected chi connectivity index (χ2v) is 9.00. The van der Waals surface area contributed by atoms with Crippen LogP contribution in [0.3, 0.4) is 0 Å². The Balaban J connectivity index is 1.50. The Kier molecular flexibility index (Phi) is 7.07. The zero-order valence-electron chi connectivity index (χ0n) is 20.2. The first kappa shape index (κ1) is 23.0. The number of piperazine rings is 1. The Morgan fingerprint density at radius 1 is 0.909 bits per heavy atom. The van der Waals surface area contributed by atoms with Crippen LogP contribution in [0.1, 0.15) is 53.0 Å². The molecule has 0 spiro atoms. The first-order valence-corrected chi connectivity index (χ1v) is 11.9. The van der Waals surface area contributed by atoms with Gasteiger partial charge in [-0.3, -0.25) is 4.79 Å². The summed E-state index contributed by atoms with van der Waals surface area (Å²) in [6.45, 7) is 11.2. The molecule has 0 N–H and O–H groups in total. The summed E-state index contributed by atoms with van der Waals surface area (Å²) in [6.07, 6.45) is 1.63. The quantitative estimate of drug-likeness (QED) is 0.548. The molecule has 172 valence electrons. The second kappa shape index (κ2) is 10.2. The molecule has 4 rings (SSSR count). The number of aryl methyl sites for hydroxylation is 3. The number of aromatic nitrogens is 2. The van der Waals surface area contributed by atoms with Crippen molar-refractivity contribution in [3.05, 3.63) is 88.4 Å². The number of nitrogens with zero attached hydrogens (tertiary/aromatic N) is 4. The average Bonchev–Trinajstić information content (AvgIpc) is 2.83. The molecule has 5 heteroatoms. The highest BCUT2D eigenvalue weighted by Crippen LogP contribution is 2.27. The predicted octanol–water partition coefficient (Wildman–Crippen LogP) is 4.84. The summed E-state index contributed by atoms with van der Waals surface area (Å²) in [6, 6.07) is 18.8. The molecule has 1 atom stereocenters. The van der Waals surface area contributed by atoms with Crippen molar-refractivity contribution in [2.75, 3.05) is 31.1 Å². The number of amides is 1. The summed E-state index contributed by atoms with van der Waals surface area (Å²) in [5.74, 6) is 1.98. The van der Waals surface area contributed by atoms with Gasteiger partial charge in [0.1, 0.15) is 11.6 Å². The second-order valence-electron chi connectivity index (χ2n) is 9.00. The maximum atomic E-state index is 13.3. The predicted molar refractivity (Wildman–Crippen MR) is 134 cm³/mol. The lowest BCUT2D eigenvalue weighted by molar-refractivity contribution is -0.133. The number of rotatable bonds is 6. The molecule has 2 heterocycles. The average molecular weight is 443 g/mol. The van der Waals surface area contributed by atoms with Crippen molar-refractivity contribution in [3.8, 4) is 0 Å². The fraction of sp³-hybridized carbons (Fsp3) is 0.393. The Morgan fingerprint density at radius 3 is 2.21 bits per heavy atom. The van der Waals surface area contributed by atoms with Gasteiger partial charge in [-0.1, -0.05) is 67.1 Å². The van der Waals surface area contributed by atoms with Gasteiger partial charge >= 0.3 is 0 Å². The smallest absolute Gasteiger partial charge is 0.230 e. The van der Waals surface area contributed by atoms with Gasteiger partial charge in [0, 0.05) is 43.9 Å². The summed E-state index contributed by atoms with van der Waals surface area (Å²) in [4.78, 5) is 27.2. The zero-order chi connectivity index (χ0) is 23.4. The number of hydrogen-bond acceptors (Lipinski definition) is 4. The van der Waals surface area contributed by atoms with E-state index in [1.165, 1.54) is 16.7 Å². The molecule has 0 aliphatic carbocycles. The molecule has 1 aliphatic heterocycles. The van der Waals surface area contributed by atoms with E-state index in [1.807, 2.05) is 30.0 Å². The van der Waals surface area contributed by atoms with E-state index in [4.69, 9.17) is 4.98 Å². The van der Waals surface area contributed by atoms with Crippen molar-refractivity contribution in [3.63, 3.8) is 0 Å². The Morgan fingerprint density at radius 2 is 1.58 bits per heavy atom. The number of anilines is 1. The third-order valence-electron chi connectivity index (χ3n) is 6.60. The van der Waals surface area contributed by atoms with E-state index in [-0.39, 0.29) is 11.8 Å². The monoisotopic (exact) mass is 442 g/mol. The van der Waals surface area contributed by atoms with Gasteiger partial charge in [-0.05, 0) is 38.3 Å². The maximum absolute atomic E-state index is 13.3. The summed E-state index contributed by atoms with van der Waals surface area (Å²) < 4.78 is 0. The number of benzene rings is 2. The number of carbonyl (C=O) groups is 1. The Bertz CT molecular complexity index is 1090. The lowest BCUT2D eigenvalue weighted by atomic mass is 9.94. The summed E-state index contributed by atoms with van der Waals surface area (Å²) in [7, 11) is 0. The lowest BCUT2D eigenvalue weighted by Crippen LogP contribution is -2.50. The SMILES string of the molecule is CC[C@H](C(=O)N1CCN(c2nc(C)nc(C)c2Cc2ccc(C)cc2)CC1)c1ccccc1. The summed E-state index contributed by atoms with van der Waals surface area (Å²) >= 11 is 0. The molecule has 1 aliphatic rings. The molecule has 3 aromatic rings. The maximum Gasteiger partial charge on any atom is 0.230 e. The van der Waals surface area contributed by atoms with Gasteiger partial charge in [0.25, 0.3) is 0 Å². The Labute approximate surface area is 197 Å². The van der Waals surface area contributed by atoms with Crippen LogP contribution in [0.4, 0.5) is 5.82 Å². The van der Waals surface area contributed by atoms with Crippen LogP contribution >= 0.6 is 0 Å². The van der Waals surface area contributed by atoms with Crippen molar-refractivity contribution >= 4 is 11.7 Å². The molecule has 0 unspecified atom stereocenters. The molecule has 33 heavy (non-hydrogen) atoms. The largest absolute Gasteiger partial charge is 0.353 e. The van der Waals surface area contributed by atoms with Gasteiger partial charge < -0.3 is 9.80 Å². The summed E-state index contributed by atoms with van der Waals surface area (Å²) in [5.41, 5.74) is 5.85. The van der Waals surface area contributed by atoms with Crippen molar-refractivity contribution in [1.82, 2.24) is 14.9 Å². The van der Waals surface area contributed by atoms with Crippen LogP contribution in [0.2, 0.25) is 0 Å². The highest BCUT2D eigenvalue weighted by Gasteiger charge is 2.29. The van der Waals surface area contributed by atoms with Crippen molar-refractivity contribution in [2.45, 2.75) is 46.5 Å². The van der Waals surface area contributed by atoms with Crippen LogP contribution in [0, 0.1) is 20.8 Å². The first-order chi connectivity index (χ1) is 16.0. The molecule has 2 aromatic carbocycles. The molecular formula is C28H34N4O. The Hall–Kier alpha value is -3.21. The molecular weight excluding hydrogens is 408 g/mol. The molecule has 1 amide bonds. The molecule has 5 nitrogen and oxygen atoms in total. The van der Waals surface area contributed by atoms with Crippen LogP contribution in [0.15, 0.2) is 54.6 Å². The molecule has 1 fully saturated rings. The van der Waals surface area contributed by atoms with E-state index >= 15 is 0 Å². The standard InChI is InChI=1S/C28H34N4O/c1-5-25(24-9-7-6-8-10-24)28(33)32-17-15-31(16-18-32)27-26(21(3)29-22(4)30-27)19-23-13-11-20(2)12-14-23/h6-14,25H,5,15-19H2,1-4H3/t25-/m0/s1. The van der Waals surface area contributed by atoms with Crippen molar-refractivity contribution < 1.29 is 4.79 Å². The number of carbonyl (C=O) groups excluding carboxylic acids is 1. The van der Waals surface area contributed by atoms with E-state index in [1.54, 1.807) is 0 Å². The fourth-order valence-electron chi connectivity index (χ4n) is 4.69. The molecule has 1 aromatic heterocycles. The molecule has 0 bridgehead atoms. The van der Waals surface area contributed by atoms with Crippen LogP contribution < -0.4 is 4.90 Å². The minimum atomic E-state index is -0.0709. The molecule has 0 radical (unpaired) electrons. The third-order valence-corrected chi connectivity index (χ3v) is 6.60. The minimum absolute atomic E-state index is 0.0709. The van der Waals surface area contributed by atoms with Crippen LogP contribution in [-0.4, -0.2) is 47.0 Å². The lowest BCUT2D eigenvalue weighted by Gasteiger charge is -2.38. The highest BCUT2D eigenvalue weighted by molar-refractivity contribution is 5.84. The van der Waals surface area contributed by atoms with Gasteiger partial charge in [0.2, 0.25) is 5.91 Å². The van der Waals surface area contributed by atoms with E-state index in [0.717, 1.165) is 48.8 Å². The number of hydrogen-bond donors (Lipinski definition) is 0. The zero-order valence-corrected chi connectivity index (χ0v) is 20.2.